The van der Waals surface area contributed by atoms with Crippen molar-refractivity contribution >= 4 is 5.91 Å². The summed E-state index contributed by atoms with van der Waals surface area (Å²) in [5.41, 5.74) is 6.64. The second kappa shape index (κ2) is 8.53. The Morgan fingerprint density at radius 3 is 2.89 bits per heavy atom. The van der Waals surface area contributed by atoms with Crippen LogP contribution in [0.3, 0.4) is 0 Å². The number of nitrogens with two attached hydrogens (primary N) is 1. The first kappa shape index (κ1) is 15.5. The molecular formula is C15H24N2O2. The summed E-state index contributed by atoms with van der Waals surface area (Å²) in [6.45, 7) is 5.05. The van der Waals surface area contributed by atoms with Gasteiger partial charge in [-0.05, 0) is 44.0 Å². The van der Waals surface area contributed by atoms with Crippen LogP contribution in [0.5, 0.6) is 5.75 Å². The highest BCUT2D eigenvalue weighted by Crippen LogP contribution is 2.12. The van der Waals surface area contributed by atoms with Crippen LogP contribution in [0.15, 0.2) is 24.3 Å². The molecule has 4 nitrogen and oxygen atoms in total. The van der Waals surface area contributed by atoms with Gasteiger partial charge in [0.1, 0.15) is 5.75 Å². The zero-order chi connectivity index (χ0) is 14.1. The van der Waals surface area contributed by atoms with Crippen molar-refractivity contribution in [2.75, 3.05) is 13.2 Å². The molecule has 0 aliphatic rings. The minimum absolute atomic E-state index is 0.0213. The Labute approximate surface area is 115 Å². The molecule has 3 N–H and O–H groups in total. The minimum atomic E-state index is 0.0213. The van der Waals surface area contributed by atoms with Crippen molar-refractivity contribution in [3.63, 3.8) is 0 Å². The van der Waals surface area contributed by atoms with E-state index in [1.165, 1.54) is 0 Å². The molecule has 1 rings (SSSR count). The van der Waals surface area contributed by atoms with Gasteiger partial charge in [0, 0.05) is 6.04 Å². The Morgan fingerprint density at radius 1 is 1.47 bits per heavy atom. The average molecular weight is 264 g/mol. The summed E-state index contributed by atoms with van der Waals surface area (Å²) in [7, 11) is 0. The van der Waals surface area contributed by atoms with E-state index in [9.17, 15) is 4.79 Å². The van der Waals surface area contributed by atoms with E-state index in [1.54, 1.807) is 0 Å². The number of rotatable bonds is 8. The zero-order valence-corrected chi connectivity index (χ0v) is 11.8. The zero-order valence-electron chi connectivity index (χ0n) is 11.8. The van der Waals surface area contributed by atoms with Crippen LogP contribution in [0.2, 0.25) is 0 Å². The van der Waals surface area contributed by atoms with Gasteiger partial charge in [0.25, 0.3) is 0 Å². The molecule has 1 aromatic rings. The number of carbonyl (C=O) groups is 1. The molecular weight excluding hydrogens is 240 g/mol. The number of carbonyl (C=O) groups excluding carboxylic acids is 1. The molecule has 1 atom stereocenters. The van der Waals surface area contributed by atoms with Gasteiger partial charge in [-0.15, -0.1) is 0 Å². The average Bonchev–Trinajstić information content (AvgIpc) is 2.38. The van der Waals surface area contributed by atoms with Crippen molar-refractivity contribution in [2.24, 2.45) is 5.73 Å². The van der Waals surface area contributed by atoms with Gasteiger partial charge >= 0.3 is 0 Å². The largest absolute Gasteiger partial charge is 0.493 e. The summed E-state index contributed by atoms with van der Waals surface area (Å²) in [5, 5.41) is 2.97. The van der Waals surface area contributed by atoms with Crippen LogP contribution in [0.1, 0.15) is 31.7 Å². The molecule has 4 heteroatoms. The molecule has 1 unspecified atom stereocenters. The van der Waals surface area contributed by atoms with E-state index in [2.05, 4.69) is 5.32 Å². The van der Waals surface area contributed by atoms with Gasteiger partial charge in [-0.1, -0.05) is 19.1 Å². The molecule has 0 saturated heterocycles. The first-order valence-corrected chi connectivity index (χ1v) is 6.84. The van der Waals surface area contributed by atoms with E-state index < -0.39 is 0 Å². The molecule has 0 spiro atoms. The van der Waals surface area contributed by atoms with E-state index in [1.807, 2.05) is 38.1 Å². The Morgan fingerprint density at radius 2 is 2.26 bits per heavy atom. The summed E-state index contributed by atoms with van der Waals surface area (Å²) in [4.78, 5) is 11.7. The lowest BCUT2D eigenvalue weighted by Gasteiger charge is -2.16. The topological polar surface area (TPSA) is 64.3 Å². The standard InChI is InChI=1S/C15H24N2O2/c1-3-13(7-9-16)17-15(18)8-10-19-14-6-4-5-12(2)11-14/h4-6,11,13H,3,7-10,16H2,1-2H3,(H,17,18). The van der Waals surface area contributed by atoms with E-state index >= 15 is 0 Å². The summed E-state index contributed by atoms with van der Waals surface area (Å²) < 4.78 is 5.55. The number of ether oxygens (including phenoxy) is 1. The highest BCUT2D eigenvalue weighted by Gasteiger charge is 2.09. The maximum Gasteiger partial charge on any atom is 0.223 e. The summed E-state index contributed by atoms with van der Waals surface area (Å²) in [6, 6.07) is 7.99. The molecule has 19 heavy (non-hydrogen) atoms. The smallest absolute Gasteiger partial charge is 0.223 e. The molecule has 1 amide bonds. The number of aryl methyl sites for hydroxylation is 1. The summed E-state index contributed by atoms with van der Waals surface area (Å²) in [6.07, 6.45) is 2.09. The van der Waals surface area contributed by atoms with E-state index in [0.717, 1.165) is 24.2 Å². The number of benzene rings is 1. The van der Waals surface area contributed by atoms with Crippen LogP contribution in [-0.4, -0.2) is 25.1 Å². The third kappa shape index (κ3) is 6.25. The minimum Gasteiger partial charge on any atom is -0.493 e. The highest BCUT2D eigenvalue weighted by atomic mass is 16.5. The third-order valence-corrected chi connectivity index (χ3v) is 2.96. The number of nitrogens with one attached hydrogen (secondary N) is 1. The van der Waals surface area contributed by atoms with Crippen LogP contribution in [0, 0.1) is 6.92 Å². The lowest BCUT2D eigenvalue weighted by molar-refractivity contribution is -0.122. The van der Waals surface area contributed by atoms with E-state index in [-0.39, 0.29) is 11.9 Å². The summed E-state index contributed by atoms with van der Waals surface area (Å²) >= 11 is 0. The van der Waals surface area contributed by atoms with Crippen molar-refractivity contribution in [2.45, 2.75) is 39.2 Å². The second-order valence-corrected chi connectivity index (χ2v) is 4.67. The fraction of sp³-hybridized carbons (Fsp3) is 0.533. The first-order valence-electron chi connectivity index (χ1n) is 6.84. The van der Waals surface area contributed by atoms with Crippen LogP contribution in [-0.2, 0) is 4.79 Å². The van der Waals surface area contributed by atoms with E-state index in [4.69, 9.17) is 10.5 Å². The quantitative estimate of drug-likeness (QED) is 0.755. The van der Waals surface area contributed by atoms with Crippen LogP contribution >= 0.6 is 0 Å². The van der Waals surface area contributed by atoms with Crippen LogP contribution in [0.25, 0.3) is 0 Å². The fourth-order valence-corrected chi connectivity index (χ4v) is 1.85. The van der Waals surface area contributed by atoms with Crippen molar-refractivity contribution in [1.29, 1.82) is 0 Å². The molecule has 106 valence electrons. The SMILES string of the molecule is CCC(CCN)NC(=O)CCOc1cccc(C)c1. The van der Waals surface area contributed by atoms with Crippen molar-refractivity contribution < 1.29 is 9.53 Å². The predicted molar refractivity (Wildman–Crippen MR) is 77.2 cm³/mol. The molecule has 0 aromatic heterocycles. The van der Waals surface area contributed by atoms with Gasteiger partial charge in [-0.25, -0.2) is 0 Å². The van der Waals surface area contributed by atoms with Crippen molar-refractivity contribution in [1.82, 2.24) is 5.32 Å². The number of hydrogen-bond acceptors (Lipinski definition) is 3. The molecule has 0 heterocycles. The van der Waals surface area contributed by atoms with Crippen LogP contribution < -0.4 is 15.8 Å². The van der Waals surface area contributed by atoms with Gasteiger partial charge in [0.15, 0.2) is 0 Å². The lowest BCUT2D eigenvalue weighted by atomic mass is 10.1. The van der Waals surface area contributed by atoms with E-state index in [0.29, 0.717) is 19.6 Å². The Balaban J connectivity index is 2.27. The Hall–Kier alpha value is -1.55. The molecule has 0 radical (unpaired) electrons. The highest BCUT2D eigenvalue weighted by molar-refractivity contribution is 5.76. The molecule has 0 aliphatic heterocycles. The van der Waals surface area contributed by atoms with Crippen LogP contribution in [0.4, 0.5) is 0 Å². The van der Waals surface area contributed by atoms with Gasteiger partial charge in [-0.3, -0.25) is 4.79 Å². The number of hydrogen-bond donors (Lipinski definition) is 2. The molecule has 1 aromatic carbocycles. The monoisotopic (exact) mass is 264 g/mol. The van der Waals surface area contributed by atoms with Gasteiger partial charge in [0.2, 0.25) is 5.91 Å². The maximum absolute atomic E-state index is 11.7. The molecule has 0 saturated carbocycles. The van der Waals surface area contributed by atoms with Gasteiger partial charge in [-0.2, -0.15) is 0 Å². The van der Waals surface area contributed by atoms with Gasteiger partial charge in [0.05, 0.1) is 13.0 Å². The van der Waals surface area contributed by atoms with Gasteiger partial charge < -0.3 is 15.8 Å². The maximum atomic E-state index is 11.7. The second-order valence-electron chi connectivity index (χ2n) is 4.67. The predicted octanol–water partition coefficient (Wildman–Crippen LogP) is 2.01. The third-order valence-electron chi connectivity index (χ3n) is 2.96. The first-order chi connectivity index (χ1) is 9.15. The molecule has 0 aliphatic carbocycles. The fourth-order valence-electron chi connectivity index (χ4n) is 1.85. The Bertz CT molecular complexity index is 393. The molecule has 0 fully saturated rings. The Kier molecular flexibility index (Phi) is 6.97. The van der Waals surface area contributed by atoms with Crippen molar-refractivity contribution in [3.8, 4) is 5.75 Å². The summed E-state index contributed by atoms with van der Waals surface area (Å²) in [5.74, 6) is 0.828. The normalized spacial score (nSPS) is 11.9. The van der Waals surface area contributed by atoms with Crippen molar-refractivity contribution in [3.05, 3.63) is 29.8 Å². The molecule has 0 bridgehead atoms. The lowest BCUT2D eigenvalue weighted by Crippen LogP contribution is -2.36. The number of amides is 1.